The van der Waals surface area contributed by atoms with Crippen molar-refractivity contribution in [2.45, 2.75) is 23.7 Å². The maximum Gasteiger partial charge on any atom is 0.416 e. The third-order valence-electron chi connectivity index (χ3n) is 5.33. The summed E-state index contributed by atoms with van der Waals surface area (Å²) in [5.41, 5.74) is -2.01. The average molecular weight is 556 g/mol. The predicted molar refractivity (Wildman–Crippen MR) is 115 cm³/mol. The van der Waals surface area contributed by atoms with Gasteiger partial charge in [-0.05, 0) is 36.4 Å². The Hall–Kier alpha value is -3.36. The van der Waals surface area contributed by atoms with Gasteiger partial charge in [0.1, 0.15) is 11.6 Å². The molecule has 0 radical (unpaired) electrons. The number of benzene rings is 2. The minimum atomic E-state index is -4.78. The number of hydrogen-bond donors (Lipinski definition) is 0. The summed E-state index contributed by atoms with van der Waals surface area (Å²) in [5, 5.41) is 0. The summed E-state index contributed by atoms with van der Waals surface area (Å²) in [5.74, 6) is -3.58. The fourth-order valence-corrected chi connectivity index (χ4v) is 4.14. The lowest BCUT2D eigenvalue weighted by Gasteiger charge is -2.35. The van der Waals surface area contributed by atoms with Crippen molar-refractivity contribution in [1.82, 2.24) is 4.90 Å². The van der Waals surface area contributed by atoms with Gasteiger partial charge in [-0.3, -0.25) is 14.5 Å². The number of carbonyl (C=O) groups is 2. The van der Waals surface area contributed by atoms with Crippen molar-refractivity contribution in [3.05, 3.63) is 53.3 Å². The monoisotopic (exact) mass is 556 g/mol. The van der Waals surface area contributed by atoms with E-state index in [-0.39, 0.29) is 35.5 Å². The molecule has 1 heterocycles. The first kappa shape index (κ1) is 28.2. The molecule has 0 N–H and O–H groups in total. The van der Waals surface area contributed by atoms with Gasteiger partial charge in [0.15, 0.2) is 9.84 Å². The molecule has 202 valence electrons. The fraction of sp³-hybridized carbons (Fsp3) is 0.364. The minimum Gasteiger partial charge on any atom is -0.492 e. The van der Waals surface area contributed by atoms with Crippen LogP contribution in [-0.2, 0) is 20.8 Å². The number of amides is 2. The van der Waals surface area contributed by atoms with E-state index in [1.54, 1.807) is 0 Å². The van der Waals surface area contributed by atoms with Gasteiger partial charge < -0.3 is 9.64 Å². The topological polar surface area (TPSA) is 84.0 Å². The average Bonchev–Trinajstić information content (AvgIpc) is 2.76. The van der Waals surface area contributed by atoms with Gasteiger partial charge in [0.2, 0.25) is 5.91 Å². The maximum absolute atomic E-state index is 14.3. The molecule has 7 nitrogen and oxygen atoms in total. The second-order valence-corrected chi connectivity index (χ2v) is 10.1. The minimum absolute atomic E-state index is 0.185. The molecule has 37 heavy (non-hydrogen) atoms. The van der Waals surface area contributed by atoms with Gasteiger partial charge in [0.05, 0.1) is 41.3 Å². The van der Waals surface area contributed by atoms with Crippen LogP contribution in [0.2, 0.25) is 0 Å². The van der Waals surface area contributed by atoms with E-state index in [9.17, 15) is 48.7 Å². The summed E-state index contributed by atoms with van der Waals surface area (Å²) in [6, 6.07) is 4.67. The first-order valence-electron chi connectivity index (χ1n) is 10.5. The van der Waals surface area contributed by atoms with Gasteiger partial charge in [-0.25, -0.2) is 12.8 Å². The molecule has 0 bridgehead atoms. The molecule has 2 amide bonds. The summed E-state index contributed by atoms with van der Waals surface area (Å²) in [4.78, 5) is 27.3. The quantitative estimate of drug-likeness (QED) is 0.394. The van der Waals surface area contributed by atoms with Crippen LogP contribution in [-0.4, -0.2) is 63.8 Å². The number of hydrogen-bond acceptors (Lipinski definition) is 6. The number of imide groups is 1. The Kier molecular flexibility index (Phi) is 7.77. The number of ether oxygens (including phenoxy) is 1. The van der Waals surface area contributed by atoms with Crippen LogP contribution >= 0.6 is 0 Å². The highest BCUT2D eigenvalue weighted by molar-refractivity contribution is 7.90. The Bertz CT molecular complexity index is 1310. The van der Waals surface area contributed by atoms with Crippen molar-refractivity contribution in [3.8, 4) is 5.75 Å². The van der Waals surface area contributed by atoms with Gasteiger partial charge in [-0.2, -0.15) is 26.3 Å². The van der Waals surface area contributed by atoms with E-state index < -0.39 is 70.5 Å². The zero-order valence-corrected chi connectivity index (χ0v) is 19.8. The Morgan fingerprint density at radius 3 is 2.24 bits per heavy atom. The maximum atomic E-state index is 14.3. The molecule has 2 aromatic carbocycles. The third kappa shape index (κ3) is 6.90. The predicted octanol–water partition coefficient (Wildman–Crippen LogP) is 4.07. The third-order valence-corrected chi connectivity index (χ3v) is 6.44. The van der Waals surface area contributed by atoms with Crippen molar-refractivity contribution >= 4 is 27.3 Å². The van der Waals surface area contributed by atoms with Crippen molar-refractivity contribution in [2.75, 3.05) is 37.4 Å². The Labute approximate surface area is 206 Å². The smallest absolute Gasteiger partial charge is 0.416 e. The molecule has 1 aliphatic heterocycles. The molecule has 0 spiro atoms. The lowest BCUT2D eigenvalue weighted by atomic mass is 10.1. The fourth-order valence-electron chi connectivity index (χ4n) is 3.49. The first-order chi connectivity index (χ1) is 17.0. The van der Waals surface area contributed by atoms with E-state index in [4.69, 9.17) is 4.74 Å². The van der Waals surface area contributed by atoms with Crippen molar-refractivity contribution in [3.63, 3.8) is 0 Å². The second kappa shape index (κ2) is 10.2. The van der Waals surface area contributed by atoms with Gasteiger partial charge >= 0.3 is 12.4 Å². The van der Waals surface area contributed by atoms with Gasteiger partial charge in [-0.15, -0.1) is 0 Å². The molecule has 2 aromatic rings. The highest BCUT2D eigenvalue weighted by Gasteiger charge is 2.35. The number of carbonyl (C=O) groups excluding carboxylic acids is 2. The van der Waals surface area contributed by atoms with Crippen LogP contribution < -0.4 is 9.64 Å². The van der Waals surface area contributed by atoms with E-state index in [0.717, 1.165) is 35.4 Å². The van der Waals surface area contributed by atoms with Crippen LogP contribution in [0.1, 0.15) is 22.3 Å². The van der Waals surface area contributed by atoms with Crippen LogP contribution in [0.3, 0.4) is 0 Å². The number of anilines is 1. The molecule has 1 fully saturated rings. The highest BCUT2D eigenvalue weighted by Crippen LogP contribution is 2.33. The van der Waals surface area contributed by atoms with Crippen LogP contribution in [0.15, 0.2) is 41.3 Å². The van der Waals surface area contributed by atoms with E-state index >= 15 is 0 Å². The van der Waals surface area contributed by atoms with E-state index in [1.807, 2.05) is 0 Å². The summed E-state index contributed by atoms with van der Waals surface area (Å²) < 4.78 is 119. The molecular weight excluding hydrogens is 537 g/mol. The largest absolute Gasteiger partial charge is 0.492 e. The summed E-state index contributed by atoms with van der Waals surface area (Å²) in [7, 11) is -3.85. The van der Waals surface area contributed by atoms with E-state index in [0.29, 0.717) is 11.0 Å². The van der Waals surface area contributed by atoms with Crippen LogP contribution in [0.4, 0.5) is 36.4 Å². The lowest BCUT2D eigenvalue weighted by Crippen LogP contribution is -2.53. The van der Waals surface area contributed by atoms with Crippen molar-refractivity contribution < 1.29 is 53.5 Å². The zero-order valence-electron chi connectivity index (χ0n) is 19.0. The number of nitrogens with zero attached hydrogens (tertiary/aromatic N) is 2. The summed E-state index contributed by atoms with van der Waals surface area (Å²) in [6.07, 6.45) is -9.86. The molecule has 0 aliphatic carbocycles. The zero-order chi connectivity index (χ0) is 27.8. The van der Waals surface area contributed by atoms with Crippen molar-refractivity contribution in [2.24, 2.45) is 0 Å². The SMILES string of the molecule is CS(=O)(=O)c1ccc(OCCC(F)(F)F)c(C(=O)N2CCN(c3ccc(C(F)(F)F)cc3F)CC2=O)c1. The molecule has 0 saturated carbocycles. The number of rotatable bonds is 6. The number of sulfone groups is 1. The number of halogens is 7. The highest BCUT2D eigenvalue weighted by atomic mass is 32.2. The molecule has 0 aromatic heterocycles. The van der Waals surface area contributed by atoms with E-state index in [2.05, 4.69) is 0 Å². The summed E-state index contributed by atoms with van der Waals surface area (Å²) >= 11 is 0. The Morgan fingerprint density at radius 1 is 1.03 bits per heavy atom. The standard InChI is InChI=1S/C22H19F7N2O5S/c1-37(34,35)14-3-5-18(36-9-6-21(24,25)26)15(11-14)20(33)31-8-7-30(12-19(31)32)17-4-2-13(10-16(17)23)22(27,28)29/h2-5,10-11H,6-9,12H2,1H3. The van der Waals surface area contributed by atoms with E-state index in [1.165, 1.54) is 0 Å². The van der Waals surface area contributed by atoms with Crippen LogP contribution in [0, 0.1) is 5.82 Å². The number of piperazine rings is 1. The normalized spacial score (nSPS) is 15.2. The van der Waals surface area contributed by atoms with Gasteiger partial charge in [0.25, 0.3) is 5.91 Å². The summed E-state index contributed by atoms with van der Waals surface area (Å²) in [6.45, 7) is -2.04. The van der Waals surface area contributed by atoms with Gasteiger partial charge in [-0.1, -0.05) is 0 Å². The molecule has 0 atom stereocenters. The molecular formula is C22H19F7N2O5S. The molecule has 15 heteroatoms. The van der Waals surface area contributed by atoms with Gasteiger partial charge in [0, 0.05) is 19.3 Å². The first-order valence-corrected chi connectivity index (χ1v) is 12.4. The molecule has 0 unspecified atom stereocenters. The second-order valence-electron chi connectivity index (χ2n) is 8.08. The number of alkyl halides is 6. The van der Waals surface area contributed by atoms with Crippen LogP contribution in [0.25, 0.3) is 0 Å². The Morgan fingerprint density at radius 2 is 1.70 bits per heavy atom. The Balaban J connectivity index is 1.84. The molecule has 1 saturated heterocycles. The lowest BCUT2D eigenvalue weighted by molar-refractivity contribution is -0.139. The molecule has 1 aliphatic rings. The van der Waals surface area contributed by atoms with Crippen molar-refractivity contribution in [1.29, 1.82) is 0 Å². The molecule has 3 rings (SSSR count). The van der Waals surface area contributed by atoms with Crippen LogP contribution in [0.5, 0.6) is 5.75 Å².